The Hall–Kier alpha value is -1.80. The summed E-state index contributed by atoms with van der Waals surface area (Å²) in [7, 11) is 1.55. The van der Waals surface area contributed by atoms with Crippen molar-refractivity contribution in [1.82, 2.24) is 0 Å². The molecule has 0 fully saturated rings. The van der Waals surface area contributed by atoms with Crippen LogP contribution in [0.3, 0.4) is 0 Å². The third-order valence-electron chi connectivity index (χ3n) is 3.05. The van der Waals surface area contributed by atoms with Gasteiger partial charge in [-0.25, -0.2) is 0 Å². The van der Waals surface area contributed by atoms with E-state index in [-0.39, 0.29) is 5.78 Å². The summed E-state index contributed by atoms with van der Waals surface area (Å²) in [6.07, 6.45) is 0. The summed E-state index contributed by atoms with van der Waals surface area (Å²) in [5.74, 6) is 0.546. The number of benzene rings is 2. The fourth-order valence-electron chi connectivity index (χ4n) is 1.94. The smallest absolute Gasteiger partial charge is 0.193 e. The summed E-state index contributed by atoms with van der Waals surface area (Å²) in [4.78, 5) is 12.5. The molecule has 0 bridgehead atoms. The van der Waals surface area contributed by atoms with E-state index >= 15 is 0 Å². The normalized spacial score (nSPS) is 10.3. The van der Waals surface area contributed by atoms with Gasteiger partial charge in [-0.3, -0.25) is 4.79 Å². The maximum atomic E-state index is 12.5. The highest BCUT2D eigenvalue weighted by Crippen LogP contribution is 2.26. The van der Waals surface area contributed by atoms with Gasteiger partial charge in [0.1, 0.15) is 5.75 Å². The topological polar surface area (TPSA) is 26.3 Å². The largest absolute Gasteiger partial charge is 0.495 e. The van der Waals surface area contributed by atoms with E-state index in [0.29, 0.717) is 21.9 Å². The highest BCUT2D eigenvalue weighted by molar-refractivity contribution is 6.32. The van der Waals surface area contributed by atoms with E-state index in [1.165, 1.54) is 0 Å². The summed E-state index contributed by atoms with van der Waals surface area (Å²) in [5.41, 5.74) is 3.30. The highest BCUT2D eigenvalue weighted by atomic mass is 35.5. The number of methoxy groups -OCH3 is 1. The van der Waals surface area contributed by atoms with Crippen LogP contribution in [-0.2, 0) is 0 Å². The van der Waals surface area contributed by atoms with Crippen LogP contribution in [-0.4, -0.2) is 12.9 Å². The SMILES string of the molecule is COc1ccc(C(=O)c2cc(C)ccc2C)cc1Cl. The Kier molecular flexibility index (Phi) is 3.91. The molecule has 3 heteroatoms. The van der Waals surface area contributed by atoms with Gasteiger partial charge in [0, 0.05) is 11.1 Å². The first-order valence-electron chi connectivity index (χ1n) is 5.98. The first-order valence-corrected chi connectivity index (χ1v) is 6.36. The molecule has 2 aromatic carbocycles. The van der Waals surface area contributed by atoms with Crippen molar-refractivity contribution in [2.75, 3.05) is 7.11 Å². The zero-order valence-electron chi connectivity index (χ0n) is 11.2. The van der Waals surface area contributed by atoms with Crippen molar-refractivity contribution < 1.29 is 9.53 Å². The predicted octanol–water partition coefficient (Wildman–Crippen LogP) is 4.20. The Morgan fingerprint density at radius 2 is 1.84 bits per heavy atom. The van der Waals surface area contributed by atoms with Crippen LogP contribution in [0.15, 0.2) is 36.4 Å². The van der Waals surface area contributed by atoms with E-state index in [9.17, 15) is 4.79 Å². The molecule has 0 spiro atoms. The average molecular weight is 275 g/mol. The molecule has 0 aliphatic rings. The highest BCUT2D eigenvalue weighted by Gasteiger charge is 2.13. The van der Waals surface area contributed by atoms with Crippen molar-refractivity contribution in [3.05, 3.63) is 63.7 Å². The van der Waals surface area contributed by atoms with Crippen LogP contribution >= 0.6 is 11.6 Å². The molecule has 0 heterocycles. The minimum Gasteiger partial charge on any atom is -0.495 e. The Labute approximate surface area is 118 Å². The fourth-order valence-corrected chi connectivity index (χ4v) is 2.20. The van der Waals surface area contributed by atoms with Gasteiger partial charge in [0.25, 0.3) is 0 Å². The number of halogens is 1. The van der Waals surface area contributed by atoms with Crippen LogP contribution in [0.2, 0.25) is 5.02 Å². The number of carbonyl (C=O) groups is 1. The van der Waals surface area contributed by atoms with Crippen LogP contribution in [0.1, 0.15) is 27.0 Å². The van der Waals surface area contributed by atoms with Gasteiger partial charge in [-0.1, -0.05) is 29.3 Å². The van der Waals surface area contributed by atoms with Crippen LogP contribution in [0.25, 0.3) is 0 Å². The van der Waals surface area contributed by atoms with Crippen molar-refractivity contribution in [2.24, 2.45) is 0 Å². The van der Waals surface area contributed by atoms with E-state index in [4.69, 9.17) is 16.3 Å². The van der Waals surface area contributed by atoms with E-state index in [1.54, 1.807) is 25.3 Å². The van der Waals surface area contributed by atoms with Crippen molar-refractivity contribution >= 4 is 17.4 Å². The molecular weight excluding hydrogens is 260 g/mol. The number of aryl methyl sites for hydroxylation is 2. The number of ether oxygens (including phenoxy) is 1. The summed E-state index contributed by atoms with van der Waals surface area (Å²) < 4.78 is 5.09. The molecule has 0 atom stereocenters. The quantitative estimate of drug-likeness (QED) is 0.784. The summed E-state index contributed by atoms with van der Waals surface area (Å²) in [6.45, 7) is 3.90. The molecule has 0 aliphatic heterocycles. The van der Waals surface area contributed by atoms with E-state index in [1.807, 2.05) is 32.0 Å². The third-order valence-corrected chi connectivity index (χ3v) is 3.35. The second-order valence-electron chi connectivity index (χ2n) is 4.50. The molecule has 2 aromatic rings. The first-order chi connectivity index (χ1) is 9.02. The van der Waals surface area contributed by atoms with Gasteiger partial charge in [-0.05, 0) is 43.7 Å². The molecule has 0 aromatic heterocycles. The van der Waals surface area contributed by atoms with Gasteiger partial charge in [-0.15, -0.1) is 0 Å². The molecule has 0 radical (unpaired) electrons. The third kappa shape index (κ3) is 2.79. The van der Waals surface area contributed by atoms with Gasteiger partial charge in [0.2, 0.25) is 0 Å². The lowest BCUT2D eigenvalue weighted by Crippen LogP contribution is -2.04. The summed E-state index contributed by atoms with van der Waals surface area (Å²) >= 11 is 6.05. The van der Waals surface area contributed by atoms with Crippen LogP contribution in [0.4, 0.5) is 0 Å². The maximum absolute atomic E-state index is 12.5. The fraction of sp³-hybridized carbons (Fsp3) is 0.188. The number of ketones is 1. The molecule has 2 rings (SSSR count). The van der Waals surface area contributed by atoms with Crippen LogP contribution < -0.4 is 4.74 Å². The summed E-state index contributed by atoms with van der Waals surface area (Å²) in [5, 5.41) is 0.443. The zero-order valence-corrected chi connectivity index (χ0v) is 11.9. The lowest BCUT2D eigenvalue weighted by Gasteiger charge is -2.08. The minimum absolute atomic E-state index is 0.0225. The summed E-state index contributed by atoms with van der Waals surface area (Å²) in [6, 6.07) is 10.9. The lowest BCUT2D eigenvalue weighted by molar-refractivity contribution is 0.103. The van der Waals surface area contributed by atoms with Gasteiger partial charge >= 0.3 is 0 Å². The van der Waals surface area contributed by atoms with Crippen molar-refractivity contribution in [3.8, 4) is 5.75 Å². The van der Waals surface area contributed by atoms with Crippen LogP contribution in [0, 0.1) is 13.8 Å². The maximum Gasteiger partial charge on any atom is 0.193 e. The molecule has 2 nitrogen and oxygen atoms in total. The van der Waals surface area contributed by atoms with Crippen LogP contribution in [0.5, 0.6) is 5.75 Å². The Morgan fingerprint density at radius 3 is 2.47 bits per heavy atom. The Bertz CT molecular complexity index is 633. The molecule has 0 saturated heterocycles. The second kappa shape index (κ2) is 5.45. The molecule has 19 heavy (non-hydrogen) atoms. The number of rotatable bonds is 3. The lowest BCUT2D eigenvalue weighted by atomic mass is 9.97. The molecule has 98 valence electrons. The van der Waals surface area contributed by atoms with Gasteiger partial charge in [-0.2, -0.15) is 0 Å². The van der Waals surface area contributed by atoms with Crippen molar-refractivity contribution in [1.29, 1.82) is 0 Å². The monoisotopic (exact) mass is 274 g/mol. The molecule has 0 N–H and O–H groups in total. The van der Waals surface area contributed by atoms with Gasteiger partial charge < -0.3 is 4.74 Å². The average Bonchev–Trinajstić information content (AvgIpc) is 2.40. The molecule has 0 saturated carbocycles. The van der Waals surface area contributed by atoms with E-state index < -0.39 is 0 Å². The van der Waals surface area contributed by atoms with E-state index in [0.717, 1.165) is 11.1 Å². The van der Waals surface area contributed by atoms with E-state index in [2.05, 4.69) is 0 Å². The number of hydrogen-bond acceptors (Lipinski definition) is 2. The first kappa shape index (κ1) is 13.6. The predicted molar refractivity (Wildman–Crippen MR) is 77.4 cm³/mol. The molecule has 0 amide bonds. The number of carbonyl (C=O) groups excluding carboxylic acids is 1. The van der Waals surface area contributed by atoms with Gasteiger partial charge in [0.15, 0.2) is 5.78 Å². The zero-order chi connectivity index (χ0) is 14.0. The van der Waals surface area contributed by atoms with Crippen molar-refractivity contribution in [3.63, 3.8) is 0 Å². The Morgan fingerprint density at radius 1 is 1.11 bits per heavy atom. The Balaban J connectivity index is 2.44. The molecule has 0 unspecified atom stereocenters. The second-order valence-corrected chi connectivity index (χ2v) is 4.90. The minimum atomic E-state index is -0.0225. The standard InChI is InChI=1S/C16H15ClO2/c1-10-4-5-11(2)13(8-10)16(18)12-6-7-15(19-3)14(17)9-12/h4-9H,1-3H3. The molecular formula is C16H15ClO2. The van der Waals surface area contributed by atoms with Gasteiger partial charge in [0.05, 0.1) is 12.1 Å². The number of hydrogen-bond donors (Lipinski definition) is 0. The van der Waals surface area contributed by atoms with Crippen molar-refractivity contribution in [2.45, 2.75) is 13.8 Å². The molecule has 0 aliphatic carbocycles.